The number of aromatic amines is 1. The molecule has 1 aromatic heterocycles. The molecule has 0 bridgehead atoms. The number of likely N-dealkylation sites (tertiary alicyclic amines) is 1. The van der Waals surface area contributed by atoms with Gasteiger partial charge in [-0.3, -0.25) is 9.69 Å². The minimum atomic E-state index is 0.0812. The second-order valence-electron chi connectivity index (χ2n) is 7.09. The SMILES string of the molecule is Cc1ncc(C(=O)N2CCC(CN3CC(C)OC(C)C3)CC2)[nH]1. The molecule has 3 heterocycles. The molecular weight excluding hydrogens is 292 g/mol. The Morgan fingerprint density at radius 2 is 1.96 bits per heavy atom. The van der Waals surface area contributed by atoms with Gasteiger partial charge in [0.2, 0.25) is 0 Å². The maximum Gasteiger partial charge on any atom is 0.271 e. The number of carbonyl (C=O) groups is 1. The van der Waals surface area contributed by atoms with Gasteiger partial charge in [0.15, 0.2) is 0 Å². The summed E-state index contributed by atoms with van der Waals surface area (Å²) in [6.45, 7) is 11.0. The molecule has 2 fully saturated rings. The fourth-order valence-electron chi connectivity index (χ4n) is 3.82. The molecule has 3 rings (SSSR count). The summed E-state index contributed by atoms with van der Waals surface area (Å²) in [4.78, 5) is 24.1. The number of hydrogen-bond acceptors (Lipinski definition) is 4. The van der Waals surface area contributed by atoms with E-state index in [0.29, 0.717) is 23.8 Å². The molecule has 0 spiro atoms. The number of amides is 1. The minimum absolute atomic E-state index is 0.0812. The predicted octanol–water partition coefficient (Wildman–Crippen LogP) is 1.68. The molecule has 2 atom stereocenters. The van der Waals surface area contributed by atoms with Crippen molar-refractivity contribution in [2.45, 2.75) is 45.8 Å². The number of aromatic nitrogens is 2. The first-order chi connectivity index (χ1) is 11.0. The first-order valence-electron chi connectivity index (χ1n) is 8.70. The van der Waals surface area contributed by atoms with Crippen LogP contribution >= 0.6 is 0 Å². The van der Waals surface area contributed by atoms with Crippen molar-refractivity contribution >= 4 is 5.91 Å². The molecular formula is C17H28N4O2. The van der Waals surface area contributed by atoms with Crippen LogP contribution in [0.5, 0.6) is 0 Å². The standard InChI is InChI=1S/C17H28N4O2/c1-12-9-20(10-13(2)23-12)11-15-4-6-21(7-5-15)17(22)16-8-18-14(3)19-16/h8,12-13,15H,4-7,9-11H2,1-3H3,(H,18,19). The molecule has 23 heavy (non-hydrogen) atoms. The van der Waals surface area contributed by atoms with Crippen molar-refractivity contribution in [3.05, 3.63) is 17.7 Å². The lowest BCUT2D eigenvalue weighted by molar-refractivity contribution is -0.0728. The molecule has 0 saturated carbocycles. The van der Waals surface area contributed by atoms with Crippen molar-refractivity contribution in [3.8, 4) is 0 Å². The van der Waals surface area contributed by atoms with E-state index in [1.165, 1.54) is 0 Å². The van der Waals surface area contributed by atoms with Gasteiger partial charge in [0.25, 0.3) is 5.91 Å². The largest absolute Gasteiger partial charge is 0.373 e. The summed E-state index contributed by atoms with van der Waals surface area (Å²) in [5, 5.41) is 0. The monoisotopic (exact) mass is 320 g/mol. The number of imidazole rings is 1. The van der Waals surface area contributed by atoms with Crippen molar-refractivity contribution in [2.75, 3.05) is 32.7 Å². The van der Waals surface area contributed by atoms with Gasteiger partial charge in [-0.2, -0.15) is 0 Å². The highest BCUT2D eigenvalue weighted by atomic mass is 16.5. The summed E-state index contributed by atoms with van der Waals surface area (Å²) in [6.07, 6.45) is 4.45. The van der Waals surface area contributed by atoms with Crippen molar-refractivity contribution in [3.63, 3.8) is 0 Å². The molecule has 1 N–H and O–H groups in total. The predicted molar refractivity (Wildman–Crippen MR) is 88.4 cm³/mol. The number of piperidine rings is 1. The summed E-state index contributed by atoms with van der Waals surface area (Å²) in [7, 11) is 0. The third kappa shape index (κ3) is 4.12. The quantitative estimate of drug-likeness (QED) is 0.920. The highest BCUT2D eigenvalue weighted by Crippen LogP contribution is 2.21. The van der Waals surface area contributed by atoms with E-state index in [-0.39, 0.29) is 5.91 Å². The summed E-state index contributed by atoms with van der Waals surface area (Å²) >= 11 is 0. The van der Waals surface area contributed by atoms with Crippen LogP contribution in [0.15, 0.2) is 6.20 Å². The van der Waals surface area contributed by atoms with Crippen LogP contribution in [0, 0.1) is 12.8 Å². The number of hydrogen-bond donors (Lipinski definition) is 1. The van der Waals surface area contributed by atoms with E-state index in [1.54, 1.807) is 6.20 Å². The third-order valence-electron chi connectivity index (χ3n) is 4.85. The van der Waals surface area contributed by atoms with Gasteiger partial charge in [0, 0.05) is 32.7 Å². The fraction of sp³-hybridized carbons (Fsp3) is 0.765. The Hall–Kier alpha value is -1.40. The second kappa shape index (κ2) is 7.01. The maximum absolute atomic E-state index is 12.4. The van der Waals surface area contributed by atoms with Gasteiger partial charge in [-0.1, -0.05) is 0 Å². The molecule has 6 nitrogen and oxygen atoms in total. The zero-order chi connectivity index (χ0) is 16.4. The Kier molecular flexibility index (Phi) is 5.02. The molecule has 2 saturated heterocycles. The average molecular weight is 320 g/mol. The van der Waals surface area contributed by atoms with Crippen molar-refractivity contribution in [2.24, 2.45) is 5.92 Å². The van der Waals surface area contributed by atoms with Crippen LogP contribution in [0.2, 0.25) is 0 Å². The number of ether oxygens (including phenoxy) is 1. The summed E-state index contributed by atoms with van der Waals surface area (Å²) in [5.74, 6) is 1.55. The average Bonchev–Trinajstić information content (AvgIpc) is 2.93. The van der Waals surface area contributed by atoms with Gasteiger partial charge in [-0.15, -0.1) is 0 Å². The summed E-state index contributed by atoms with van der Waals surface area (Å²) < 4.78 is 5.80. The van der Waals surface area contributed by atoms with Crippen LogP contribution < -0.4 is 0 Å². The highest BCUT2D eigenvalue weighted by molar-refractivity contribution is 5.92. The maximum atomic E-state index is 12.4. The topological polar surface area (TPSA) is 61.5 Å². The van der Waals surface area contributed by atoms with E-state index in [0.717, 1.165) is 51.4 Å². The number of nitrogens with zero attached hydrogens (tertiary/aromatic N) is 3. The lowest BCUT2D eigenvalue weighted by Crippen LogP contribution is -2.48. The third-order valence-corrected chi connectivity index (χ3v) is 4.85. The molecule has 1 aromatic rings. The van der Waals surface area contributed by atoms with Gasteiger partial charge in [-0.05, 0) is 39.5 Å². The molecule has 0 radical (unpaired) electrons. The normalized spacial score (nSPS) is 27.3. The number of rotatable bonds is 3. The van der Waals surface area contributed by atoms with Crippen LogP contribution in [0.4, 0.5) is 0 Å². The van der Waals surface area contributed by atoms with E-state index in [1.807, 2.05) is 11.8 Å². The number of carbonyl (C=O) groups excluding carboxylic acids is 1. The van der Waals surface area contributed by atoms with Crippen molar-refractivity contribution in [1.29, 1.82) is 0 Å². The Balaban J connectivity index is 1.47. The smallest absolute Gasteiger partial charge is 0.271 e. The van der Waals surface area contributed by atoms with Crippen LogP contribution in [-0.2, 0) is 4.74 Å². The van der Waals surface area contributed by atoms with E-state index >= 15 is 0 Å². The van der Waals surface area contributed by atoms with Gasteiger partial charge in [0.1, 0.15) is 11.5 Å². The number of nitrogens with one attached hydrogen (secondary N) is 1. The number of H-pyrrole nitrogens is 1. The van der Waals surface area contributed by atoms with E-state index < -0.39 is 0 Å². The molecule has 0 aliphatic carbocycles. The fourth-order valence-corrected chi connectivity index (χ4v) is 3.82. The van der Waals surface area contributed by atoms with Gasteiger partial charge >= 0.3 is 0 Å². The number of morpholine rings is 1. The number of aryl methyl sites for hydroxylation is 1. The highest BCUT2D eigenvalue weighted by Gasteiger charge is 2.28. The van der Waals surface area contributed by atoms with Gasteiger partial charge in [0.05, 0.1) is 18.4 Å². The van der Waals surface area contributed by atoms with Crippen LogP contribution in [-0.4, -0.2) is 70.6 Å². The molecule has 2 aliphatic rings. The van der Waals surface area contributed by atoms with Crippen LogP contribution in [0.1, 0.15) is 43.0 Å². The summed E-state index contributed by atoms with van der Waals surface area (Å²) in [6, 6.07) is 0. The Bertz CT molecular complexity index is 526. The summed E-state index contributed by atoms with van der Waals surface area (Å²) in [5.41, 5.74) is 0.608. The molecule has 2 unspecified atom stereocenters. The molecule has 6 heteroatoms. The Morgan fingerprint density at radius 3 is 2.52 bits per heavy atom. The lowest BCUT2D eigenvalue weighted by Gasteiger charge is -2.39. The lowest BCUT2D eigenvalue weighted by atomic mass is 9.95. The van der Waals surface area contributed by atoms with Gasteiger partial charge in [-0.25, -0.2) is 4.98 Å². The molecule has 0 aromatic carbocycles. The zero-order valence-electron chi connectivity index (χ0n) is 14.4. The van der Waals surface area contributed by atoms with E-state index in [9.17, 15) is 4.79 Å². The first-order valence-corrected chi connectivity index (χ1v) is 8.70. The minimum Gasteiger partial charge on any atom is -0.373 e. The Labute approximate surface area is 138 Å². The zero-order valence-corrected chi connectivity index (χ0v) is 14.4. The second-order valence-corrected chi connectivity index (χ2v) is 7.09. The van der Waals surface area contributed by atoms with Crippen LogP contribution in [0.25, 0.3) is 0 Å². The molecule has 128 valence electrons. The molecule has 1 amide bonds. The first kappa shape index (κ1) is 16.5. The van der Waals surface area contributed by atoms with Gasteiger partial charge < -0.3 is 14.6 Å². The van der Waals surface area contributed by atoms with Crippen molar-refractivity contribution in [1.82, 2.24) is 19.8 Å². The Morgan fingerprint density at radius 1 is 1.30 bits per heavy atom. The van der Waals surface area contributed by atoms with E-state index in [4.69, 9.17) is 4.74 Å². The molecule has 2 aliphatic heterocycles. The van der Waals surface area contributed by atoms with Crippen molar-refractivity contribution < 1.29 is 9.53 Å². The van der Waals surface area contributed by atoms with Crippen LogP contribution in [0.3, 0.4) is 0 Å². The van der Waals surface area contributed by atoms with E-state index in [2.05, 4.69) is 28.7 Å².